The van der Waals surface area contributed by atoms with Crippen LogP contribution in [-0.2, 0) is 15.2 Å². The van der Waals surface area contributed by atoms with Crippen LogP contribution < -0.4 is 5.73 Å². The molecule has 184 valence electrons. The number of hydrogen-bond acceptors (Lipinski definition) is 10. The van der Waals surface area contributed by atoms with E-state index in [1.54, 1.807) is 0 Å². The highest BCUT2D eigenvalue weighted by Gasteiger charge is 2.69. The fourth-order valence-corrected chi connectivity index (χ4v) is 5.60. The van der Waals surface area contributed by atoms with Crippen LogP contribution in [0.15, 0.2) is 40.9 Å². The summed E-state index contributed by atoms with van der Waals surface area (Å²) >= 11 is 0. The van der Waals surface area contributed by atoms with Gasteiger partial charge in [0.05, 0.1) is 40.7 Å². The van der Waals surface area contributed by atoms with Crippen molar-refractivity contribution in [2.24, 2.45) is 17.6 Å². The molecule has 0 saturated carbocycles. The van der Waals surface area contributed by atoms with E-state index in [9.17, 15) is 45.0 Å². The SMILES string of the molecule is CN(C)C1C(O)=C(C(N)=O)C(=O)C2(O)C(O)=C3C(=O)c4c(O)cccc4C(C)(O)C3C(O)C12.Cl. The van der Waals surface area contributed by atoms with Crippen LogP contribution in [0.2, 0.25) is 0 Å². The van der Waals surface area contributed by atoms with E-state index in [0.717, 1.165) is 0 Å². The molecule has 0 spiro atoms. The molecule has 0 saturated heterocycles. The predicted octanol–water partition coefficient (Wildman–Crippen LogP) is -0.822. The van der Waals surface area contributed by atoms with Gasteiger partial charge in [-0.15, -0.1) is 12.4 Å². The Morgan fingerprint density at radius 3 is 2.24 bits per heavy atom. The number of nitrogens with two attached hydrogens (primary N) is 1. The lowest BCUT2D eigenvalue weighted by molar-refractivity contribution is -0.173. The van der Waals surface area contributed by atoms with Crippen LogP contribution in [0.5, 0.6) is 5.75 Å². The number of fused-ring (bicyclic) bond motifs is 3. The number of aliphatic hydroxyl groups is 5. The summed E-state index contributed by atoms with van der Waals surface area (Å²) in [5, 5.41) is 66.5. The zero-order chi connectivity index (χ0) is 24.8. The summed E-state index contributed by atoms with van der Waals surface area (Å²) in [4.78, 5) is 39.8. The lowest BCUT2D eigenvalue weighted by Gasteiger charge is -2.55. The highest BCUT2D eigenvalue weighted by atomic mass is 35.5. The maximum Gasteiger partial charge on any atom is 0.255 e. The Bertz CT molecular complexity index is 1190. The third kappa shape index (κ3) is 2.88. The van der Waals surface area contributed by atoms with Crippen molar-refractivity contribution in [1.82, 2.24) is 4.90 Å². The number of phenols is 1. The number of phenolic OH excluding ortho intramolecular Hbond substituents is 1. The maximum atomic E-state index is 13.3. The van der Waals surface area contributed by atoms with Gasteiger partial charge in [0, 0.05) is 0 Å². The molecule has 1 aromatic rings. The lowest BCUT2D eigenvalue weighted by Crippen LogP contribution is -2.70. The van der Waals surface area contributed by atoms with Gasteiger partial charge in [0.1, 0.15) is 22.8 Å². The van der Waals surface area contributed by atoms with Crippen molar-refractivity contribution in [3.05, 3.63) is 52.0 Å². The van der Waals surface area contributed by atoms with Crippen LogP contribution >= 0.6 is 12.4 Å². The number of amides is 1. The van der Waals surface area contributed by atoms with Gasteiger partial charge < -0.3 is 36.4 Å². The normalized spacial score (nSPS) is 34.9. The highest BCUT2D eigenvalue weighted by Crippen LogP contribution is 2.56. The number of benzene rings is 1. The number of likely N-dealkylation sites (N-methyl/N-ethyl adjacent to an activating group) is 1. The molecule has 0 aromatic heterocycles. The van der Waals surface area contributed by atoms with Gasteiger partial charge in [0.2, 0.25) is 5.78 Å². The molecular weight excluding hydrogens is 472 g/mol. The summed E-state index contributed by atoms with van der Waals surface area (Å²) in [6, 6.07) is 2.54. The number of primary amides is 1. The van der Waals surface area contributed by atoms with Crippen molar-refractivity contribution in [2.45, 2.75) is 30.3 Å². The summed E-state index contributed by atoms with van der Waals surface area (Å²) in [6.45, 7) is 1.25. The molecule has 1 aromatic carbocycles. The summed E-state index contributed by atoms with van der Waals surface area (Å²) in [6.07, 6.45) is -1.87. The molecule has 34 heavy (non-hydrogen) atoms. The molecule has 3 aliphatic rings. The van der Waals surface area contributed by atoms with E-state index in [4.69, 9.17) is 5.73 Å². The molecule has 0 fully saturated rings. The molecular formula is C22H25ClN2O9. The Kier molecular flexibility index (Phi) is 5.88. The molecule has 0 heterocycles. The Hall–Kier alpha value is -2.96. The van der Waals surface area contributed by atoms with Crippen LogP contribution in [0.25, 0.3) is 0 Å². The third-order valence-corrected chi connectivity index (χ3v) is 7.04. The van der Waals surface area contributed by atoms with E-state index in [-0.39, 0.29) is 23.5 Å². The number of Topliss-reactive ketones (excluding diaryl/α,β-unsaturated/α-hetero) is 2. The third-order valence-electron chi connectivity index (χ3n) is 7.04. The van der Waals surface area contributed by atoms with Gasteiger partial charge in [-0.1, -0.05) is 12.1 Å². The lowest BCUT2D eigenvalue weighted by atomic mass is 9.54. The topological polar surface area (TPSA) is 202 Å². The first-order valence-corrected chi connectivity index (χ1v) is 10.1. The monoisotopic (exact) mass is 496 g/mol. The van der Waals surface area contributed by atoms with Crippen molar-refractivity contribution < 1.29 is 45.0 Å². The van der Waals surface area contributed by atoms with Gasteiger partial charge in [-0.3, -0.25) is 19.3 Å². The van der Waals surface area contributed by atoms with Gasteiger partial charge in [0.25, 0.3) is 5.91 Å². The molecule has 12 heteroatoms. The number of halogens is 1. The number of carbonyl (C=O) groups is 3. The van der Waals surface area contributed by atoms with Crippen molar-refractivity contribution in [3.8, 4) is 5.75 Å². The van der Waals surface area contributed by atoms with E-state index in [0.29, 0.717) is 0 Å². The Balaban J connectivity index is 0.00000324. The van der Waals surface area contributed by atoms with Gasteiger partial charge >= 0.3 is 0 Å². The Morgan fingerprint density at radius 2 is 1.71 bits per heavy atom. The summed E-state index contributed by atoms with van der Waals surface area (Å²) in [5.41, 5.74) is -1.88. The standard InChI is InChI=1S/C22H24N2O9.ClH/c1-21(32)7-5-4-6-8(25)9(7)15(26)10-12(21)17(28)13-14(24(2)3)16(27)11(20(23)31)19(30)22(13,33)18(10)29;/h4-6,12-14,17,25,27-29,32-33H,1-3H3,(H2,23,31);1H. The van der Waals surface area contributed by atoms with E-state index in [1.165, 1.54) is 44.1 Å². The van der Waals surface area contributed by atoms with Crippen molar-refractivity contribution in [3.63, 3.8) is 0 Å². The van der Waals surface area contributed by atoms with Crippen LogP contribution in [-0.4, -0.2) is 84.9 Å². The first-order valence-electron chi connectivity index (χ1n) is 10.1. The number of aromatic hydroxyl groups is 1. The van der Waals surface area contributed by atoms with Gasteiger partial charge in [0.15, 0.2) is 11.4 Å². The minimum Gasteiger partial charge on any atom is -0.510 e. The summed E-state index contributed by atoms with van der Waals surface area (Å²) in [7, 11) is 2.85. The van der Waals surface area contributed by atoms with Crippen LogP contribution in [0.3, 0.4) is 0 Å². The molecule has 0 radical (unpaired) electrons. The van der Waals surface area contributed by atoms with Crippen molar-refractivity contribution in [1.29, 1.82) is 0 Å². The zero-order valence-corrected chi connectivity index (χ0v) is 19.2. The molecule has 0 aliphatic heterocycles. The average Bonchev–Trinajstić information content (AvgIpc) is 2.70. The fraction of sp³-hybridized carbons (Fsp3) is 0.409. The van der Waals surface area contributed by atoms with E-state index >= 15 is 0 Å². The van der Waals surface area contributed by atoms with E-state index in [1.807, 2.05) is 0 Å². The second-order valence-corrected chi connectivity index (χ2v) is 9.06. The highest BCUT2D eigenvalue weighted by molar-refractivity contribution is 6.25. The quantitative estimate of drug-likeness (QED) is 0.253. The molecule has 0 bridgehead atoms. The molecule has 1 amide bonds. The molecule has 6 unspecified atom stereocenters. The number of ketones is 2. The van der Waals surface area contributed by atoms with E-state index in [2.05, 4.69) is 0 Å². The number of carbonyl (C=O) groups excluding carboxylic acids is 3. The van der Waals surface area contributed by atoms with Crippen molar-refractivity contribution >= 4 is 29.9 Å². The molecule has 4 rings (SSSR count). The molecule has 8 N–H and O–H groups in total. The van der Waals surface area contributed by atoms with Crippen LogP contribution in [0.1, 0.15) is 22.8 Å². The average molecular weight is 497 g/mol. The van der Waals surface area contributed by atoms with Crippen LogP contribution in [0, 0.1) is 11.8 Å². The molecule has 3 aliphatic carbocycles. The maximum absolute atomic E-state index is 13.3. The van der Waals surface area contributed by atoms with Crippen molar-refractivity contribution in [2.75, 3.05) is 14.1 Å². The summed E-state index contributed by atoms with van der Waals surface area (Å²) in [5.74, 6) is -9.66. The number of hydrogen-bond donors (Lipinski definition) is 7. The minimum atomic E-state index is -3.02. The first kappa shape index (κ1) is 25.7. The van der Waals surface area contributed by atoms with Gasteiger partial charge in [-0.25, -0.2) is 0 Å². The number of aliphatic hydroxyl groups excluding tert-OH is 3. The minimum absolute atomic E-state index is 0. The molecule has 6 atom stereocenters. The molecule has 11 nitrogen and oxygen atoms in total. The fourth-order valence-electron chi connectivity index (χ4n) is 5.60. The summed E-state index contributed by atoms with van der Waals surface area (Å²) < 4.78 is 0. The number of nitrogens with zero attached hydrogens (tertiary/aromatic N) is 1. The predicted molar refractivity (Wildman–Crippen MR) is 118 cm³/mol. The van der Waals surface area contributed by atoms with Gasteiger partial charge in [-0.2, -0.15) is 0 Å². The Morgan fingerprint density at radius 1 is 1.12 bits per heavy atom. The van der Waals surface area contributed by atoms with E-state index < -0.39 is 81.1 Å². The largest absolute Gasteiger partial charge is 0.510 e. The number of rotatable bonds is 2. The smallest absolute Gasteiger partial charge is 0.255 e. The van der Waals surface area contributed by atoms with Crippen LogP contribution in [0.4, 0.5) is 0 Å². The second-order valence-electron chi connectivity index (χ2n) is 9.06. The van der Waals surface area contributed by atoms with Gasteiger partial charge in [-0.05, 0) is 32.6 Å². The first-order chi connectivity index (χ1) is 15.2. The zero-order valence-electron chi connectivity index (χ0n) is 18.4. The Labute approximate surface area is 199 Å². The second kappa shape index (κ2) is 7.79.